The summed E-state index contributed by atoms with van der Waals surface area (Å²) in [7, 11) is 1.75. The number of anilines is 1. The highest BCUT2D eigenvalue weighted by Crippen LogP contribution is 2.21. The SMILES string of the molecule is CN=C(NCc1cccc2cccnc12)NC1CCN(c2ncccc2F)C1.I. The van der Waals surface area contributed by atoms with Gasteiger partial charge >= 0.3 is 0 Å². The van der Waals surface area contributed by atoms with Gasteiger partial charge in [-0.05, 0) is 30.2 Å². The molecule has 29 heavy (non-hydrogen) atoms. The first-order valence-corrected chi connectivity index (χ1v) is 9.40. The molecule has 0 radical (unpaired) electrons. The molecule has 3 heterocycles. The number of para-hydroxylation sites is 1. The normalized spacial score (nSPS) is 16.6. The van der Waals surface area contributed by atoms with Gasteiger partial charge in [0.1, 0.15) is 0 Å². The van der Waals surface area contributed by atoms with Crippen LogP contribution in [-0.2, 0) is 6.54 Å². The molecule has 1 aliphatic heterocycles. The lowest BCUT2D eigenvalue weighted by molar-refractivity contribution is 0.612. The molecule has 1 fully saturated rings. The third kappa shape index (κ3) is 4.92. The monoisotopic (exact) mass is 506 g/mol. The van der Waals surface area contributed by atoms with E-state index >= 15 is 0 Å². The Morgan fingerprint density at radius 2 is 1.97 bits per heavy atom. The minimum Gasteiger partial charge on any atom is -0.352 e. The molecule has 1 saturated heterocycles. The second kappa shape index (κ2) is 9.82. The van der Waals surface area contributed by atoms with Crippen LogP contribution in [-0.4, -0.2) is 42.1 Å². The highest BCUT2D eigenvalue weighted by molar-refractivity contribution is 14.0. The summed E-state index contributed by atoms with van der Waals surface area (Å²) < 4.78 is 14.0. The number of pyridine rings is 2. The molecule has 4 rings (SSSR count). The fourth-order valence-electron chi connectivity index (χ4n) is 3.56. The second-order valence-electron chi connectivity index (χ2n) is 6.80. The van der Waals surface area contributed by atoms with Gasteiger partial charge in [0, 0.05) is 50.5 Å². The molecular weight excluding hydrogens is 482 g/mol. The number of nitrogens with zero attached hydrogens (tertiary/aromatic N) is 4. The maximum absolute atomic E-state index is 14.0. The van der Waals surface area contributed by atoms with E-state index in [0.29, 0.717) is 18.9 Å². The molecule has 6 nitrogen and oxygen atoms in total. The van der Waals surface area contributed by atoms with Gasteiger partial charge in [0.05, 0.1) is 5.52 Å². The quantitative estimate of drug-likeness (QED) is 0.323. The van der Waals surface area contributed by atoms with E-state index in [1.165, 1.54) is 6.07 Å². The summed E-state index contributed by atoms with van der Waals surface area (Å²) in [4.78, 5) is 15.0. The van der Waals surface area contributed by atoms with Gasteiger partial charge in [-0.25, -0.2) is 9.37 Å². The molecular formula is C21H24FIN6. The van der Waals surface area contributed by atoms with Crippen LogP contribution in [0.3, 0.4) is 0 Å². The van der Waals surface area contributed by atoms with Gasteiger partial charge in [0.25, 0.3) is 0 Å². The molecule has 1 unspecified atom stereocenters. The minimum absolute atomic E-state index is 0. The summed E-state index contributed by atoms with van der Waals surface area (Å²) in [5.41, 5.74) is 2.11. The van der Waals surface area contributed by atoms with Crippen LogP contribution in [0.25, 0.3) is 10.9 Å². The van der Waals surface area contributed by atoms with Crippen LogP contribution in [0.1, 0.15) is 12.0 Å². The van der Waals surface area contributed by atoms with Crippen molar-refractivity contribution in [3.63, 3.8) is 0 Å². The Morgan fingerprint density at radius 3 is 2.79 bits per heavy atom. The lowest BCUT2D eigenvalue weighted by Gasteiger charge is -2.20. The highest BCUT2D eigenvalue weighted by Gasteiger charge is 2.25. The largest absolute Gasteiger partial charge is 0.352 e. The highest BCUT2D eigenvalue weighted by atomic mass is 127. The summed E-state index contributed by atoms with van der Waals surface area (Å²) in [5, 5.41) is 7.91. The van der Waals surface area contributed by atoms with Crippen molar-refractivity contribution in [2.45, 2.75) is 19.0 Å². The van der Waals surface area contributed by atoms with Gasteiger partial charge < -0.3 is 15.5 Å². The van der Waals surface area contributed by atoms with Gasteiger partial charge in [-0.15, -0.1) is 24.0 Å². The van der Waals surface area contributed by atoms with E-state index in [1.54, 1.807) is 19.3 Å². The summed E-state index contributed by atoms with van der Waals surface area (Å²) in [5.74, 6) is 0.854. The van der Waals surface area contributed by atoms with Crippen LogP contribution in [0.15, 0.2) is 59.9 Å². The molecule has 0 amide bonds. The number of aromatic nitrogens is 2. The Hall–Kier alpha value is -2.49. The van der Waals surface area contributed by atoms with E-state index in [4.69, 9.17) is 0 Å². The molecule has 2 N–H and O–H groups in total. The van der Waals surface area contributed by atoms with Crippen molar-refractivity contribution in [1.82, 2.24) is 20.6 Å². The fraction of sp³-hybridized carbons (Fsp3) is 0.286. The van der Waals surface area contributed by atoms with Gasteiger partial charge in [-0.2, -0.15) is 0 Å². The van der Waals surface area contributed by atoms with Crippen molar-refractivity contribution in [2.24, 2.45) is 4.99 Å². The van der Waals surface area contributed by atoms with Crippen LogP contribution in [0.2, 0.25) is 0 Å². The van der Waals surface area contributed by atoms with Gasteiger partial charge in [0.2, 0.25) is 0 Å². The van der Waals surface area contributed by atoms with E-state index in [1.807, 2.05) is 23.2 Å². The molecule has 3 aromatic rings. The summed E-state index contributed by atoms with van der Waals surface area (Å²) in [6, 6.07) is 13.4. The van der Waals surface area contributed by atoms with Crippen LogP contribution in [0.5, 0.6) is 0 Å². The molecule has 1 atom stereocenters. The van der Waals surface area contributed by atoms with Crippen molar-refractivity contribution in [3.05, 3.63) is 66.2 Å². The number of hydrogen-bond donors (Lipinski definition) is 2. The standard InChI is InChI=1S/C21H23FN6.HI/c1-23-21(26-13-16-6-2-5-15-7-3-10-24-19(15)16)27-17-9-12-28(14-17)20-18(22)8-4-11-25-20;/h2-8,10-11,17H,9,12-14H2,1H3,(H2,23,26,27);1H. The average Bonchev–Trinajstić information content (AvgIpc) is 3.19. The number of benzene rings is 1. The summed E-state index contributed by atoms with van der Waals surface area (Å²) in [6.07, 6.45) is 4.33. The first kappa shape index (κ1) is 21.2. The zero-order valence-electron chi connectivity index (χ0n) is 16.2. The fourth-order valence-corrected chi connectivity index (χ4v) is 3.56. The maximum atomic E-state index is 14.0. The number of fused-ring (bicyclic) bond motifs is 1. The minimum atomic E-state index is -0.283. The smallest absolute Gasteiger partial charge is 0.191 e. The molecule has 0 bridgehead atoms. The number of halogens is 2. The van der Waals surface area contributed by atoms with Crippen molar-refractivity contribution < 1.29 is 4.39 Å². The number of nitrogens with one attached hydrogen (secondary N) is 2. The lowest BCUT2D eigenvalue weighted by Crippen LogP contribution is -2.44. The molecule has 1 aromatic carbocycles. The molecule has 1 aliphatic rings. The summed E-state index contributed by atoms with van der Waals surface area (Å²) >= 11 is 0. The molecule has 0 spiro atoms. The zero-order valence-corrected chi connectivity index (χ0v) is 18.5. The van der Waals surface area contributed by atoms with Crippen LogP contribution < -0.4 is 15.5 Å². The van der Waals surface area contributed by atoms with E-state index in [9.17, 15) is 4.39 Å². The maximum Gasteiger partial charge on any atom is 0.191 e. The predicted octanol–water partition coefficient (Wildman–Crippen LogP) is 3.33. The third-order valence-corrected chi connectivity index (χ3v) is 4.95. The van der Waals surface area contributed by atoms with Gasteiger partial charge in [0.15, 0.2) is 17.6 Å². The number of rotatable bonds is 4. The van der Waals surface area contributed by atoms with Gasteiger partial charge in [-0.3, -0.25) is 9.98 Å². The Kier molecular flexibility index (Phi) is 7.18. The van der Waals surface area contributed by atoms with E-state index in [-0.39, 0.29) is 35.8 Å². The van der Waals surface area contributed by atoms with Crippen molar-refractivity contribution in [2.75, 3.05) is 25.0 Å². The predicted molar refractivity (Wildman–Crippen MR) is 125 cm³/mol. The molecule has 8 heteroatoms. The Labute approximate surface area is 186 Å². The molecule has 152 valence electrons. The third-order valence-electron chi connectivity index (χ3n) is 4.95. The number of hydrogen-bond acceptors (Lipinski definition) is 4. The summed E-state index contributed by atoms with van der Waals surface area (Å²) in [6.45, 7) is 2.07. The topological polar surface area (TPSA) is 65.4 Å². The lowest BCUT2D eigenvalue weighted by atomic mass is 10.1. The van der Waals surface area contributed by atoms with E-state index < -0.39 is 0 Å². The van der Waals surface area contributed by atoms with E-state index in [2.05, 4.69) is 43.8 Å². The van der Waals surface area contributed by atoms with E-state index in [0.717, 1.165) is 35.4 Å². The molecule has 0 saturated carbocycles. The van der Waals surface area contributed by atoms with Gasteiger partial charge in [-0.1, -0.05) is 24.3 Å². The molecule has 0 aliphatic carbocycles. The second-order valence-corrected chi connectivity index (χ2v) is 6.80. The van der Waals surface area contributed by atoms with Crippen LogP contribution >= 0.6 is 24.0 Å². The first-order valence-electron chi connectivity index (χ1n) is 9.40. The Balaban J connectivity index is 0.00000240. The first-order chi connectivity index (χ1) is 13.7. The van der Waals surface area contributed by atoms with Crippen LogP contribution in [0.4, 0.5) is 10.2 Å². The number of guanidine groups is 1. The van der Waals surface area contributed by atoms with Crippen molar-refractivity contribution in [1.29, 1.82) is 0 Å². The average molecular weight is 506 g/mol. The van der Waals surface area contributed by atoms with Crippen LogP contribution in [0, 0.1) is 5.82 Å². The van der Waals surface area contributed by atoms with Crippen molar-refractivity contribution in [3.8, 4) is 0 Å². The number of aliphatic imine (C=N–C) groups is 1. The van der Waals surface area contributed by atoms with Crippen molar-refractivity contribution >= 4 is 46.7 Å². The Bertz CT molecular complexity index is 990. The zero-order chi connectivity index (χ0) is 19.3. The molecule has 2 aromatic heterocycles. The Morgan fingerprint density at radius 1 is 1.17 bits per heavy atom.